The quantitative estimate of drug-likeness (QED) is 0.403. The Bertz CT molecular complexity index is 831. The number of aromatic nitrogens is 3. The molecule has 0 saturated heterocycles. The summed E-state index contributed by atoms with van der Waals surface area (Å²) in [7, 11) is 0. The second-order valence-electron chi connectivity index (χ2n) is 6.20. The van der Waals surface area contributed by atoms with Crippen LogP contribution in [0.2, 0.25) is 0 Å². The van der Waals surface area contributed by atoms with Gasteiger partial charge >= 0.3 is 0 Å². The molecular formula is C20H24N4OS2. The number of thioether (sulfide) groups is 1. The average molecular weight is 401 g/mol. The molecular weight excluding hydrogens is 376 g/mol. The zero-order valence-corrected chi connectivity index (χ0v) is 17.1. The van der Waals surface area contributed by atoms with Gasteiger partial charge in [-0.15, -0.1) is 21.5 Å². The van der Waals surface area contributed by atoms with E-state index in [1.165, 1.54) is 17.3 Å². The van der Waals surface area contributed by atoms with Crippen LogP contribution in [-0.4, -0.2) is 33.0 Å². The molecule has 0 unspecified atom stereocenters. The lowest BCUT2D eigenvalue weighted by Gasteiger charge is -2.10. The third-order valence-corrected chi connectivity index (χ3v) is 5.91. The summed E-state index contributed by atoms with van der Waals surface area (Å²) >= 11 is 3.08. The Morgan fingerprint density at radius 1 is 1.15 bits per heavy atom. The molecule has 0 aliphatic carbocycles. The van der Waals surface area contributed by atoms with Crippen molar-refractivity contribution in [3.8, 4) is 10.7 Å². The minimum atomic E-state index is 0.0445. The van der Waals surface area contributed by atoms with Crippen molar-refractivity contribution in [1.82, 2.24) is 20.1 Å². The third-order valence-electron chi connectivity index (χ3n) is 4.08. The molecule has 0 atom stereocenters. The summed E-state index contributed by atoms with van der Waals surface area (Å²) in [5.74, 6) is 1.24. The average Bonchev–Trinajstić information content (AvgIpc) is 3.34. The van der Waals surface area contributed by atoms with E-state index in [4.69, 9.17) is 0 Å². The Hall–Kier alpha value is -2.12. The van der Waals surface area contributed by atoms with E-state index in [-0.39, 0.29) is 5.91 Å². The molecule has 2 aromatic heterocycles. The second kappa shape index (κ2) is 10.3. The van der Waals surface area contributed by atoms with Crippen molar-refractivity contribution in [2.75, 3.05) is 12.3 Å². The minimum absolute atomic E-state index is 0.0445. The number of carbonyl (C=O) groups is 1. The number of nitrogens with one attached hydrogen (secondary N) is 1. The van der Waals surface area contributed by atoms with E-state index in [9.17, 15) is 4.79 Å². The standard InChI is InChI=1S/C20H24N4OS2/c1-2-3-7-12-21-18(25)15-27-20-23-22-19(17-11-8-13-26-17)24(20)14-16-9-5-4-6-10-16/h4-6,8-11,13H,2-3,7,12,14-15H2,1H3,(H,21,25). The van der Waals surface area contributed by atoms with Gasteiger partial charge in [0.1, 0.15) is 0 Å². The highest BCUT2D eigenvalue weighted by molar-refractivity contribution is 7.99. The fourth-order valence-electron chi connectivity index (χ4n) is 2.68. The Labute approximate surface area is 168 Å². The molecule has 1 aromatic carbocycles. The zero-order valence-electron chi connectivity index (χ0n) is 15.4. The highest BCUT2D eigenvalue weighted by atomic mass is 32.2. The summed E-state index contributed by atoms with van der Waals surface area (Å²) in [6.07, 6.45) is 3.32. The molecule has 0 bridgehead atoms. The van der Waals surface area contributed by atoms with Gasteiger partial charge in [0.05, 0.1) is 17.2 Å². The number of nitrogens with zero attached hydrogens (tertiary/aromatic N) is 3. The Kier molecular flexibility index (Phi) is 7.47. The summed E-state index contributed by atoms with van der Waals surface area (Å²) in [6.45, 7) is 3.58. The molecule has 0 aliphatic rings. The predicted molar refractivity (Wildman–Crippen MR) is 112 cm³/mol. The van der Waals surface area contributed by atoms with Crippen LogP contribution in [0.15, 0.2) is 53.0 Å². The smallest absolute Gasteiger partial charge is 0.230 e. The first-order chi connectivity index (χ1) is 13.3. The van der Waals surface area contributed by atoms with Crippen molar-refractivity contribution in [2.45, 2.75) is 37.9 Å². The summed E-state index contributed by atoms with van der Waals surface area (Å²) in [6, 6.07) is 14.3. The first-order valence-corrected chi connectivity index (χ1v) is 11.0. The topological polar surface area (TPSA) is 59.8 Å². The predicted octanol–water partition coefficient (Wildman–Crippen LogP) is 4.45. The molecule has 5 nitrogen and oxygen atoms in total. The molecule has 0 radical (unpaired) electrons. The van der Waals surface area contributed by atoms with E-state index >= 15 is 0 Å². The van der Waals surface area contributed by atoms with Crippen LogP contribution in [-0.2, 0) is 11.3 Å². The van der Waals surface area contributed by atoms with E-state index in [0.717, 1.165) is 41.7 Å². The van der Waals surface area contributed by atoms with Gasteiger partial charge in [-0.05, 0) is 23.4 Å². The van der Waals surface area contributed by atoms with Gasteiger partial charge in [-0.25, -0.2) is 0 Å². The summed E-state index contributed by atoms with van der Waals surface area (Å²) in [5.41, 5.74) is 1.18. The van der Waals surface area contributed by atoms with Gasteiger partial charge in [-0.3, -0.25) is 9.36 Å². The summed E-state index contributed by atoms with van der Waals surface area (Å²) in [4.78, 5) is 13.2. The van der Waals surface area contributed by atoms with Crippen molar-refractivity contribution in [2.24, 2.45) is 0 Å². The molecule has 3 aromatic rings. The summed E-state index contributed by atoms with van der Waals surface area (Å²) in [5, 5.41) is 14.5. The third kappa shape index (κ3) is 5.68. The van der Waals surface area contributed by atoms with Crippen molar-refractivity contribution >= 4 is 29.0 Å². The molecule has 1 amide bonds. The van der Waals surface area contributed by atoms with Gasteiger partial charge in [0, 0.05) is 6.54 Å². The van der Waals surface area contributed by atoms with Crippen LogP contribution in [0.4, 0.5) is 0 Å². The van der Waals surface area contributed by atoms with Crippen LogP contribution >= 0.6 is 23.1 Å². The zero-order chi connectivity index (χ0) is 18.9. The van der Waals surface area contributed by atoms with Crippen molar-refractivity contribution in [3.63, 3.8) is 0 Å². The number of benzene rings is 1. The molecule has 7 heteroatoms. The van der Waals surface area contributed by atoms with Gasteiger partial charge in [0.2, 0.25) is 5.91 Å². The maximum Gasteiger partial charge on any atom is 0.230 e. The van der Waals surface area contributed by atoms with E-state index in [0.29, 0.717) is 12.3 Å². The SMILES string of the molecule is CCCCCNC(=O)CSc1nnc(-c2cccs2)n1Cc1ccccc1. The molecule has 0 spiro atoms. The number of unbranched alkanes of at least 4 members (excludes halogenated alkanes) is 2. The first-order valence-electron chi connectivity index (χ1n) is 9.18. The van der Waals surface area contributed by atoms with E-state index in [1.54, 1.807) is 11.3 Å². The summed E-state index contributed by atoms with van der Waals surface area (Å²) < 4.78 is 2.09. The monoisotopic (exact) mass is 400 g/mol. The van der Waals surface area contributed by atoms with Crippen LogP contribution in [0, 0.1) is 0 Å². The lowest BCUT2D eigenvalue weighted by molar-refractivity contribution is -0.118. The molecule has 27 heavy (non-hydrogen) atoms. The largest absolute Gasteiger partial charge is 0.355 e. The van der Waals surface area contributed by atoms with Gasteiger partial charge < -0.3 is 5.32 Å². The highest BCUT2D eigenvalue weighted by Gasteiger charge is 2.16. The molecule has 2 heterocycles. The van der Waals surface area contributed by atoms with Gasteiger partial charge in [-0.1, -0.05) is 67.9 Å². The van der Waals surface area contributed by atoms with Crippen LogP contribution in [0.5, 0.6) is 0 Å². The number of amides is 1. The van der Waals surface area contributed by atoms with E-state index in [2.05, 4.69) is 39.1 Å². The fraction of sp³-hybridized carbons (Fsp3) is 0.350. The molecule has 0 saturated carbocycles. The molecule has 3 rings (SSSR count). The lowest BCUT2D eigenvalue weighted by atomic mass is 10.2. The maximum absolute atomic E-state index is 12.1. The number of rotatable bonds is 10. The van der Waals surface area contributed by atoms with Gasteiger partial charge in [0.25, 0.3) is 0 Å². The van der Waals surface area contributed by atoms with Crippen LogP contribution in [0.3, 0.4) is 0 Å². The van der Waals surface area contributed by atoms with E-state index in [1.807, 2.05) is 35.7 Å². The van der Waals surface area contributed by atoms with Gasteiger partial charge in [-0.2, -0.15) is 0 Å². The van der Waals surface area contributed by atoms with Crippen LogP contribution in [0.1, 0.15) is 31.7 Å². The van der Waals surface area contributed by atoms with Crippen molar-refractivity contribution in [1.29, 1.82) is 0 Å². The molecule has 142 valence electrons. The normalized spacial score (nSPS) is 10.9. The van der Waals surface area contributed by atoms with Crippen molar-refractivity contribution < 1.29 is 4.79 Å². The first kappa shape index (κ1) is 19.6. The van der Waals surface area contributed by atoms with E-state index < -0.39 is 0 Å². The van der Waals surface area contributed by atoms with Crippen LogP contribution in [0.25, 0.3) is 10.7 Å². The fourth-order valence-corrected chi connectivity index (χ4v) is 4.16. The number of hydrogen-bond donors (Lipinski definition) is 1. The number of hydrogen-bond acceptors (Lipinski definition) is 5. The van der Waals surface area contributed by atoms with Gasteiger partial charge in [0.15, 0.2) is 11.0 Å². The highest BCUT2D eigenvalue weighted by Crippen LogP contribution is 2.28. The Morgan fingerprint density at radius 3 is 2.74 bits per heavy atom. The maximum atomic E-state index is 12.1. The van der Waals surface area contributed by atoms with Crippen LogP contribution < -0.4 is 5.32 Å². The number of carbonyl (C=O) groups excluding carboxylic acids is 1. The molecule has 0 aliphatic heterocycles. The van der Waals surface area contributed by atoms with Crippen molar-refractivity contribution in [3.05, 3.63) is 53.4 Å². The second-order valence-corrected chi connectivity index (χ2v) is 8.09. The number of thiophene rings is 1. The minimum Gasteiger partial charge on any atom is -0.355 e. The lowest BCUT2D eigenvalue weighted by Crippen LogP contribution is -2.26. The Morgan fingerprint density at radius 2 is 2.00 bits per heavy atom. The molecule has 1 N–H and O–H groups in total. The molecule has 0 fully saturated rings. The Balaban J connectivity index is 1.70.